The van der Waals surface area contributed by atoms with Gasteiger partial charge in [0.15, 0.2) is 5.11 Å². The quantitative estimate of drug-likeness (QED) is 0.543. The lowest BCUT2D eigenvalue weighted by Crippen LogP contribution is -2.21. The number of hydrogen-bond donors (Lipinski definition) is 3. The van der Waals surface area contributed by atoms with E-state index in [9.17, 15) is 9.90 Å². The Hall–Kier alpha value is -1.40. The summed E-state index contributed by atoms with van der Waals surface area (Å²) in [6.07, 6.45) is 1.54. The smallest absolute Gasteiger partial charge is 0.273 e. The van der Waals surface area contributed by atoms with Gasteiger partial charge in [0.1, 0.15) is 11.4 Å². The minimum Gasteiger partial charge on any atom is -0.507 e. The van der Waals surface area contributed by atoms with Gasteiger partial charge in [-0.25, -0.2) is 0 Å². The molecule has 0 unspecified atom stereocenters. The van der Waals surface area contributed by atoms with E-state index in [2.05, 4.69) is 26.6 Å². The Morgan fingerprint density at radius 3 is 2.75 bits per heavy atom. The minimum absolute atomic E-state index is 0.100. The molecule has 0 aliphatic carbocycles. The van der Waals surface area contributed by atoms with Gasteiger partial charge < -0.3 is 10.4 Å². The van der Waals surface area contributed by atoms with Crippen LogP contribution in [0.4, 0.5) is 0 Å². The number of hydrogen-bond acceptors (Lipinski definition) is 3. The lowest BCUT2D eigenvalue weighted by Gasteiger charge is -2.01. The molecule has 1 aromatic carbocycles. The first-order chi connectivity index (χ1) is 7.56. The molecule has 0 spiro atoms. The number of nitrogens with one attached hydrogen (secondary N) is 2. The molecule has 0 bridgehead atoms. The van der Waals surface area contributed by atoms with Crippen LogP contribution in [-0.4, -0.2) is 16.1 Å². The number of carbonyl (C=O) groups is 1. The zero-order valence-electron chi connectivity index (χ0n) is 7.95. The van der Waals surface area contributed by atoms with Gasteiger partial charge in [0.25, 0.3) is 5.91 Å². The predicted octanol–water partition coefficient (Wildman–Crippen LogP) is 1.50. The lowest BCUT2D eigenvalue weighted by molar-refractivity contribution is -0.115. The van der Waals surface area contributed by atoms with Gasteiger partial charge in [-0.3, -0.25) is 10.1 Å². The van der Waals surface area contributed by atoms with E-state index in [-0.39, 0.29) is 16.8 Å². The van der Waals surface area contributed by atoms with Crippen molar-refractivity contribution >= 4 is 45.2 Å². The van der Waals surface area contributed by atoms with E-state index in [4.69, 9.17) is 12.2 Å². The van der Waals surface area contributed by atoms with E-state index < -0.39 is 0 Å². The van der Waals surface area contributed by atoms with E-state index in [0.29, 0.717) is 11.3 Å². The monoisotopic (exact) mass is 298 g/mol. The molecular weight excluding hydrogens is 292 g/mol. The third-order valence-electron chi connectivity index (χ3n) is 2.01. The topological polar surface area (TPSA) is 61.4 Å². The molecule has 16 heavy (non-hydrogen) atoms. The first-order valence-corrected chi connectivity index (χ1v) is 5.59. The van der Waals surface area contributed by atoms with E-state index in [1.165, 1.54) is 6.08 Å². The number of phenols is 1. The SMILES string of the molecule is O=C1NC(=S)NC1=Cc1cc(Br)ccc1O. The van der Waals surface area contributed by atoms with Gasteiger partial charge in [-0.1, -0.05) is 15.9 Å². The van der Waals surface area contributed by atoms with E-state index in [1.54, 1.807) is 18.2 Å². The molecule has 6 heteroatoms. The minimum atomic E-state index is -0.302. The zero-order valence-corrected chi connectivity index (χ0v) is 10.4. The summed E-state index contributed by atoms with van der Waals surface area (Å²) in [4.78, 5) is 11.4. The highest BCUT2D eigenvalue weighted by atomic mass is 79.9. The molecule has 1 aliphatic heterocycles. The molecule has 1 saturated heterocycles. The van der Waals surface area contributed by atoms with Crippen molar-refractivity contribution in [1.29, 1.82) is 0 Å². The number of thiocarbonyl (C=S) groups is 1. The summed E-state index contributed by atoms with van der Waals surface area (Å²) in [5, 5.41) is 15.0. The van der Waals surface area contributed by atoms with Gasteiger partial charge in [0.05, 0.1) is 0 Å². The van der Waals surface area contributed by atoms with Gasteiger partial charge >= 0.3 is 0 Å². The molecular formula is C10H7BrN2O2S. The molecule has 1 amide bonds. The maximum atomic E-state index is 11.4. The van der Waals surface area contributed by atoms with Gasteiger partial charge in [0.2, 0.25) is 0 Å². The highest BCUT2D eigenvalue weighted by molar-refractivity contribution is 9.10. The van der Waals surface area contributed by atoms with Gasteiger partial charge in [-0.05, 0) is 36.5 Å². The van der Waals surface area contributed by atoms with Crippen molar-refractivity contribution < 1.29 is 9.90 Å². The molecule has 1 aromatic rings. The molecule has 0 radical (unpaired) electrons. The molecule has 82 valence electrons. The Morgan fingerprint density at radius 1 is 1.38 bits per heavy atom. The molecule has 0 atom stereocenters. The van der Waals surface area contributed by atoms with Gasteiger partial charge in [-0.15, -0.1) is 0 Å². The van der Waals surface area contributed by atoms with Gasteiger partial charge in [-0.2, -0.15) is 0 Å². The second-order valence-electron chi connectivity index (χ2n) is 3.17. The largest absolute Gasteiger partial charge is 0.507 e. The number of rotatable bonds is 1. The number of halogens is 1. The normalized spacial score (nSPS) is 17.4. The summed E-state index contributed by atoms with van der Waals surface area (Å²) >= 11 is 8.08. The Bertz CT molecular complexity index is 514. The second-order valence-corrected chi connectivity index (χ2v) is 4.49. The summed E-state index contributed by atoms with van der Waals surface area (Å²) < 4.78 is 0.818. The molecule has 1 fully saturated rings. The highest BCUT2D eigenvalue weighted by Crippen LogP contribution is 2.24. The molecule has 3 N–H and O–H groups in total. The Balaban J connectivity index is 2.39. The third kappa shape index (κ3) is 2.23. The fourth-order valence-corrected chi connectivity index (χ4v) is 1.86. The molecule has 0 saturated carbocycles. The van der Waals surface area contributed by atoms with Crippen LogP contribution < -0.4 is 10.6 Å². The van der Waals surface area contributed by atoms with Crippen LogP contribution in [-0.2, 0) is 4.79 Å². The van der Waals surface area contributed by atoms with Crippen molar-refractivity contribution in [2.75, 3.05) is 0 Å². The van der Waals surface area contributed by atoms with Crippen molar-refractivity contribution in [2.24, 2.45) is 0 Å². The molecule has 1 aliphatic rings. The molecule has 2 rings (SSSR count). The Labute approximate surface area is 105 Å². The standard InChI is InChI=1S/C10H7BrN2O2S/c11-6-1-2-8(14)5(3-6)4-7-9(15)13-10(16)12-7/h1-4,14H,(H2,12,13,15,16). The number of amides is 1. The fourth-order valence-electron chi connectivity index (χ4n) is 1.28. The average molecular weight is 299 g/mol. The van der Waals surface area contributed by atoms with E-state index >= 15 is 0 Å². The summed E-state index contributed by atoms with van der Waals surface area (Å²) in [5.74, 6) is -0.201. The van der Waals surface area contributed by atoms with Crippen LogP contribution in [0.2, 0.25) is 0 Å². The first kappa shape index (κ1) is 11.1. The number of phenolic OH excluding ortho intramolecular Hbond substituents is 1. The highest BCUT2D eigenvalue weighted by Gasteiger charge is 2.20. The van der Waals surface area contributed by atoms with E-state index in [1.807, 2.05) is 0 Å². The third-order valence-corrected chi connectivity index (χ3v) is 2.71. The fraction of sp³-hybridized carbons (Fsp3) is 0. The maximum absolute atomic E-state index is 11.4. The van der Waals surface area contributed by atoms with Crippen molar-refractivity contribution in [1.82, 2.24) is 10.6 Å². The van der Waals surface area contributed by atoms with Crippen LogP contribution in [0.5, 0.6) is 5.75 Å². The van der Waals surface area contributed by atoms with Crippen LogP contribution in [0, 0.1) is 0 Å². The number of aromatic hydroxyl groups is 1. The number of benzene rings is 1. The van der Waals surface area contributed by atoms with Crippen molar-refractivity contribution in [3.8, 4) is 5.75 Å². The van der Waals surface area contributed by atoms with Crippen molar-refractivity contribution in [3.05, 3.63) is 33.9 Å². The molecule has 4 nitrogen and oxygen atoms in total. The van der Waals surface area contributed by atoms with Crippen molar-refractivity contribution in [2.45, 2.75) is 0 Å². The van der Waals surface area contributed by atoms with Crippen LogP contribution in [0.25, 0.3) is 6.08 Å². The summed E-state index contributed by atoms with van der Waals surface area (Å²) in [7, 11) is 0. The van der Waals surface area contributed by atoms with Crippen LogP contribution in [0.1, 0.15) is 5.56 Å². The Kier molecular flexibility index (Phi) is 2.93. The zero-order chi connectivity index (χ0) is 11.7. The summed E-state index contributed by atoms with van der Waals surface area (Å²) in [6, 6.07) is 4.96. The van der Waals surface area contributed by atoms with E-state index in [0.717, 1.165) is 4.47 Å². The second kappa shape index (κ2) is 4.23. The summed E-state index contributed by atoms with van der Waals surface area (Å²) in [6.45, 7) is 0. The van der Waals surface area contributed by atoms with Crippen LogP contribution in [0.15, 0.2) is 28.4 Å². The molecule has 1 heterocycles. The van der Waals surface area contributed by atoms with Crippen LogP contribution in [0.3, 0.4) is 0 Å². The first-order valence-electron chi connectivity index (χ1n) is 4.39. The molecule has 0 aromatic heterocycles. The van der Waals surface area contributed by atoms with Crippen molar-refractivity contribution in [3.63, 3.8) is 0 Å². The Morgan fingerprint density at radius 2 is 2.12 bits per heavy atom. The van der Waals surface area contributed by atoms with Crippen LogP contribution >= 0.6 is 28.1 Å². The maximum Gasteiger partial charge on any atom is 0.273 e. The number of carbonyl (C=O) groups excluding carboxylic acids is 1. The summed E-state index contributed by atoms with van der Waals surface area (Å²) in [5.41, 5.74) is 0.857. The lowest BCUT2D eigenvalue weighted by atomic mass is 10.1. The predicted molar refractivity (Wildman–Crippen MR) is 67.7 cm³/mol. The van der Waals surface area contributed by atoms with Gasteiger partial charge in [0, 0.05) is 10.0 Å². The average Bonchev–Trinajstić information content (AvgIpc) is 2.51.